The maximum absolute atomic E-state index is 11.8. The molecule has 0 bridgehead atoms. The Bertz CT molecular complexity index is 894. The lowest BCUT2D eigenvalue weighted by atomic mass is 9.88. The molecular weight excluding hydrogens is 304 g/mol. The van der Waals surface area contributed by atoms with Crippen LogP contribution in [0.2, 0.25) is 0 Å². The molecule has 120 valence electrons. The van der Waals surface area contributed by atoms with Gasteiger partial charge in [0.1, 0.15) is 11.5 Å². The van der Waals surface area contributed by atoms with E-state index in [-0.39, 0.29) is 17.1 Å². The number of carboxylic acid groups (broad SMARTS) is 1. The number of benzene rings is 3. The van der Waals surface area contributed by atoms with Crippen LogP contribution >= 0.6 is 0 Å². The summed E-state index contributed by atoms with van der Waals surface area (Å²) in [6, 6.07) is 16.7. The van der Waals surface area contributed by atoms with Crippen molar-refractivity contribution in [1.82, 2.24) is 0 Å². The second kappa shape index (κ2) is 6.08. The van der Waals surface area contributed by atoms with Crippen molar-refractivity contribution in [3.8, 4) is 33.8 Å². The lowest BCUT2D eigenvalue weighted by Crippen LogP contribution is -2.04. The minimum atomic E-state index is -1.00. The van der Waals surface area contributed by atoms with Crippen LogP contribution in [0.5, 0.6) is 11.5 Å². The van der Waals surface area contributed by atoms with Gasteiger partial charge >= 0.3 is 5.97 Å². The van der Waals surface area contributed by atoms with Crippen LogP contribution in [0.4, 0.5) is 0 Å². The van der Waals surface area contributed by atoms with Gasteiger partial charge in [-0.2, -0.15) is 0 Å². The van der Waals surface area contributed by atoms with Gasteiger partial charge in [-0.25, -0.2) is 4.79 Å². The summed E-state index contributed by atoms with van der Waals surface area (Å²) >= 11 is 0. The average Bonchev–Trinajstić information content (AvgIpc) is 2.56. The summed E-state index contributed by atoms with van der Waals surface area (Å²) in [4.78, 5) is 11.8. The number of rotatable bonds is 3. The first-order chi connectivity index (χ1) is 11.5. The van der Waals surface area contributed by atoms with E-state index in [0.717, 1.165) is 11.1 Å². The van der Waals surface area contributed by atoms with Crippen LogP contribution in [0.25, 0.3) is 22.3 Å². The minimum Gasteiger partial charge on any atom is -0.508 e. The zero-order valence-corrected chi connectivity index (χ0v) is 13.0. The summed E-state index contributed by atoms with van der Waals surface area (Å²) in [5.41, 5.74) is 3.74. The molecule has 0 aliphatic heterocycles. The Balaban J connectivity index is 2.33. The third-order valence-electron chi connectivity index (χ3n) is 3.96. The molecule has 0 aromatic heterocycles. The molecule has 0 heterocycles. The van der Waals surface area contributed by atoms with Crippen LogP contribution < -0.4 is 0 Å². The highest BCUT2D eigenvalue weighted by atomic mass is 16.4. The number of aromatic hydroxyl groups is 2. The SMILES string of the molecule is Cc1ccc(-c2ccc(O)cc2)c(-c2ccc(O)cc2)c1C(=O)O. The van der Waals surface area contributed by atoms with Gasteiger partial charge in [-0.1, -0.05) is 36.4 Å². The molecule has 4 nitrogen and oxygen atoms in total. The molecule has 0 spiro atoms. The second-order valence-corrected chi connectivity index (χ2v) is 5.58. The molecular formula is C20H16O4. The Labute approximate surface area is 139 Å². The highest BCUT2D eigenvalue weighted by molar-refractivity contribution is 6.02. The van der Waals surface area contributed by atoms with Gasteiger partial charge in [0, 0.05) is 5.56 Å². The van der Waals surface area contributed by atoms with Crippen LogP contribution in [0.15, 0.2) is 60.7 Å². The topological polar surface area (TPSA) is 77.8 Å². The fourth-order valence-corrected chi connectivity index (χ4v) is 2.79. The Morgan fingerprint density at radius 1 is 0.750 bits per heavy atom. The monoisotopic (exact) mass is 320 g/mol. The van der Waals surface area contributed by atoms with Crippen LogP contribution in [0.3, 0.4) is 0 Å². The summed E-state index contributed by atoms with van der Waals surface area (Å²) in [6.45, 7) is 1.76. The molecule has 0 aliphatic carbocycles. The molecule has 3 aromatic rings. The Hall–Kier alpha value is -3.27. The number of carboxylic acids is 1. The number of hydrogen-bond acceptors (Lipinski definition) is 3. The van der Waals surface area contributed by atoms with Crippen molar-refractivity contribution < 1.29 is 20.1 Å². The van der Waals surface area contributed by atoms with Gasteiger partial charge in [-0.3, -0.25) is 0 Å². The number of aryl methyl sites for hydroxylation is 1. The van der Waals surface area contributed by atoms with Gasteiger partial charge in [-0.05, 0) is 53.4 Å². The molecule has 0 amide bonds. The van der Waals surface area contributed by atoms with Crippen molar-refractivity contribution in [1.29, 1.82) is 0 Å². The van der Waals surface area contributed by atoms with Gasteiger partial charge in [-0.15, -0.1) is 0 Å². The number of carbonyl (C=O) groups is 1. The molecule has 0 aliphatic rings. The zero-order chi connectivity index (χ0) is 17.3. The maximum Gasteiger partial charge on any atom is 0.336 e. The Morgan fingerprint density at radius 3 is 1.75 bits per heavy atom. The first-order valence-corrected chi connectivity index (χ1v) is 7.43. The molecule has 0 fully saturated rings. The lowest BCUT2D eigenvalue weighted by Gasteiger charge is -2.16. The summed E-state index contributed by atoms with van der Waals surface area (Å²) in [7, 11) is 0. The van der Waals surface area contributed by atoms with Crippen molar-refractivity contribution in [3.05, 3.63) is 71.8 Å². The fraction of sp³-hybridized carbons (Fsp3) is 0.0500. The standard InChI is InChI=1S/C20H16O4/c1-12-2-11-17(13-3-7-15(21)8-4-13)19(18(12)20(23)24)14-5-9-16(22)10-6-14/h2-11,21-22H,1H3,(H,23,24). The third-order valence-corrected chi connectivity index (χ3v) is 3.96. The third kappa shape index (κ3) is 2.82. The molecule has 0 radical (unpaired) electrons. The van der Waals surface area contributed by atoms with Gasteiger partial charge in [0.2, 0.25) is 0 Å². The number of phenols is 2. The van der Waals surface area contributed by atoms with E-state index in [0.29, 0.717) is 16.7 Å². The van der Waals surface area contributed by atoms with E-state index >= 15 is 0 Å². The van der Waals surface area contributed by atoms with E-state index in [1.165, 1.54) is 12.1 Å². The Morgan fingerprint density at radius 2 is 1.25 bits per heavy atom. The quantitative estimate of drug-likeness (QED) is 0.667. The number of phenolic OH excluding ortho intramolecular Hbond substituents is 2. The van der Waals surface area contributed by atoms with Gasteiger partial charge < -0.3 is 15.3 Å². The van der Waals surface area contributed by atoms with E-state index in [4.69, 9.17) is 0 Å². The molecule has 3 rings (SSSR count). The first-order valence-electron chi connectivity index (χ1n) is 7.43. The lowest BCUT2D eigenvalue weighted by molar-refractivity contribution is 0.0697. The average molecular weight is 320 g/mol. The predicted molar refractivity (Wildman–Crippen MR) is 92.3 cm³/mol. The zero-order valence-electron chi connectivity index (χ0n) is 13.0. The van der Waals surface area contributed by atoms with Crippen LogP contribution in [-0.4, -0.2) is 21.3 Å². The molecule has 3 aromatic carbocycles. The summed E-state index contributed by atoms with van der Waals surface area (Å²) in [6.07, 6.45) is 0. The molecule has 3 N–H and O–H groups in total. The van der Waals surface area contributed by atoms with Crippen LogP contribution in [0.1, 0.15) is 15.9 Å². The van der Waals surface area contributed by atoms with Crippen molar-refractivity contribution in [2.24, 2.45) is 0 Å². The van der Waals surface area contributed by atoms with E-state index in [1.807, 2.05) is 6.07 Å². The van der Waals surface area contributed by atoms with E-state index < -0.39 is 5.97 Å². The van der Waals surface area contributed by atoms with E-state index in [2.05, 4.69) is 0 Å². The van der Waals surface area contributed by atoms with Gasteiger partial charge in [0.25, 0.3) is 0 Å². The van der Waals surface area contributed by atoms with Gasteiger partial charge in [0.05, 0.1) is 5.56 Å². The molecule has 0 atom stereocenters. The minimum absolute atomic E-state index is 0.120. The van der Waals surface area contributed by atoms with Crippen molar-refractivity contribution in [3.63, 3.8) is 0 Å². The molecule has 4 heteroatoms. The first kappa shape index (κ1) is 15.6. The van der Waals surface area contributed by atoms with Crippen LogP contribution in [0, 0.1) is 6.92 Å². The van der Waals surface area contributed by atoms with Crippen molar-refractivity contribution in [2.45, 2.75) is 6.92 Å². The fourth-order valence-electron chi connectivity index (χ4n) is 2.79. The predicted octanol–water partition coefficient (Wildman–Crippen LogP) is 4.44. The summed E-state index contributed by atoms with van der Waals surface area (Å²) in [5, 5.41) is 28.7. The smallest absolute Gasteiger partial charge is 0.336 e. The van der Waals surface area contributed by atoms with E-state index in [1.54, 1.807) is 49.4 Å². The Kier molecular flexibility index (Phi) is 3.96. The summed E-state index contributed by atoms with van der Waals surface area (Å²) in [5.74, 6) is -0.735. The van der Waals surface area contributed by atoms with Crippen molar-refractivity contribution >= 4 is 5.97 Å². The molecule has 24 heavy (non-hydrogen) atoms. The van der Waals surface area contributed by atoms with E-state index in [9.17, 15) is 20.1 Å². The second-order valence-electron chi connectivity index (χ2n) is 5.58. The normalized spacial score (nSPS) is 10.5. The van der Waals surface area contributed by atoms with Gasteiger partial charge in [0.15, 0.2) is 0 Å². The maximum atomic E-state index is 11.8. The highest BCUT2D eigenvalue weighted by Crippen LogP contribution is 2.37. The van der Waals surface area contributed by atoms with Crippen LogP contribution in [-0.2, 0) is 0 Å². The molecule has 0 saturated heterocycles. The molecule has 0 saturated carbocycles. The van der Waals surface area contributed by atoms with Crippen molar-refractivity contribution in [2.75, 3.05) is 0 Å². The largest absolute Gasteiger partial charge is 0.508 e. The summed E-state index contributed by atoms with van der Waals surface area (Å²) < 4.78 is 0. The molecule has 0 unspecified atom stereocenters. The highest BCUT2D eigenvalue weighted by Gasteiger charge is 2.19. The number of aromatic carboxylic acids is 1. The number of hydrogen-bond donors (Lipinski definition) is 3.